The number of hydrogen-bond acceptors (Lipinski definition) is 9. The van der Waals surface area contributed by atoms with Gasteiger partial charge in [-0.3, -0.25) is 0 Å². The van der Waals surface area contributed by atoms with Gasteiger partial charge in [0.1, 0.15) is 4.90 Å². The van der Waals surface area contributed by atoms with E-state index in [-0.39, 0.29) is 28.9 Å². The van der Waals surface area contributed by atoms with E-state index in [1.54, 1.807) is 43.0 Å². The van der Waals surface area contributed by atoms with Crippen LogP contribution in [0.4, 0.5) is 0 Å². The summed E-state index contributed by atoms with van der Waals surface area (Å²) in [6.07, 6.45) is 2.20. The highest BCUT2D eigenvalue weighted by Gasteiger charge is 2.25. The van der Waals surface area contributed by atoms with E-state index in [0.717, 1.165) is 40.0 Å². The molecule has 4 aromatic rings. The highest BCUT2D eigenvalue weighted by atomic mass is 32.2. The van der Waals surface area contributed by atoms with Gasteiger partial charge in [0.15, 0.2) is 21.2 Å². The van der Waals surface area contributed by atoms with Gasteiger partial charge in [-0.15, -0.1) is 11.8 Å². The Kier molecular flexibility index (Phi) is 10.6. The smallest absolute Gasteiger partial charge is 0.358 e. The first-order valence-electron chi connectivity index (χ1n) is 14.2. The second-order valence-corrected chi connectivity index (χ2v) is 13.6. The summed E-state index contributed by atoms with van der Waals surface area (Å²) in [6.45, 7) is 7.92. The fraction of sp³-hybridized carbons (Fsp3) is 0.375. The average Bonchev–Trinajstić information content (AvgIpc) is 2.98. The molecule has 0 fully saturated rings. The normalized spacial score (nSPS) is 12.4. The van der Waals surface area contributed by atoms with Crippen LogP contribution in [0.3, 0.4) is 0 Å². The lowest BCUT2D eigenvalue weighted by Crippen LogP contribution is -2.16. The van der Waals surface area contributed by atoms with Crippen molar-refractivity contribution in [1.82, 2.24) is 9.97 Å². The summed E-state index contributed by atoms with van der Waals surface area (Å²) in [5, 5.41) is 1.62. The van der Waals surface area contributed by atoms with Gasteiger partial charge < -0.3 is 9.47 Å². The summed E-state index contributed by atoms with van der Waals surface area (Å²) in [6, 6.07) is 16.7. The van der Waals surface area contributed by atoms with Gasteiger partial charge in [-0.2, -0.15) is 0 Å². The number of rotatable bonds is 13. The third-order valence-electron chi connectivity index (χ3n) is 6.87. The summed E-state index contributed by atoms with van der Waals surface area (Å²) >= 11 is 1.57. The first kappa shape index (κ1) is 31.4. The van der Waals surface area contributed by atoms with Crippen LogP contribution in [-0.4, -0.2) is 55.0 Å². The van der Waals surface area contributed by atoms with Crippen LogP contribution in [0.25, 0.3) is 21.8 Å². The molecule has 0 amide bonds. The van der Waals surface area contributed by atoms with E-state index in [9.17, 15) is 18.0 Å². The van der Waals surface area contributed by atoms with E-state index in [0.29, 0.717) is 29.6 Å². The molecule has 0 saturated carbocycles. The Morgan fingerprint density at radius 2 is 1.60 bits per heavy atom. The van der Waals surface area contributed by atoms with E-state index in [4.69, 9.17) is 9.47 Å². The maximum atomic E-state index is 12.9. The molecule has 0 bridgehead atoms. The van der Waals surface area contributed by atoms with E-state index in [1.165, 1.54) is 13.0 Å². The number of pyridine rings is 2. The topological polar surface area (TPSA) is 113 Å². The molecule has 0 radical (unpaired) electrons. The number of aromatic nitrogens is 2. The lowest BCUT2D eigenvalue weighted by molar-refractivity contribution is 0.0480. The number of nitrogens with zero attached hydrogens (tertiary/aromatic N) is 2. The van der Waals surface area contributed by atoms with Crippen molar-refractivity contribution in [3.63, 3.8) is 0 Å². The third kappa shape index (κ3) is 7.46. The van der Waals surface area contributed by atoms with Gasteiger partial charge in [0.2, 0.25) is 0 Å². The molecular weight excluding hydrogens is 572 g/mol. The predicted octanol–water partition coefficient (Wildman–Crippen LogP) is 6.68. The first-order chi connectivity index (χ1) is 20.2. The average molecular weight is 609 g/mol. The molecule has 0 aliphatic rings. The minimum Gasteiger partial charge on any atom is -0.461 e. The number of hydrogen-bond donors (Lipinski definition) is 0. The molecular formula is C32H36N2O6S2. The quantitative estimate of drug-likeness (QED) is 0.0932. The van der Waals surface area contributed by atoms with Crippen LogP contribution in [0.2, 0.25) is 0 Å². The number of ether oxygens (including phenoxy) is 2. The predicted molar refractivity (Wildman–Crippen MR) is 166 cm³/mol. The van der Waals surface area contributed by atoms with Crippen molar-refractivity contribution < 1.29 is 27.5 Å². The molecule has 0 unspecified atom stereocenters. The molecule has 222 valence electrons. The summed E-state index contributed by atoms with van der Waals surface area (Å²) < 4.78 is 36.1. The second kappa shape index (κ2) is 14.1. The zero-order chi connectivity index (χ0) is 30.3. The molecule has 0 aliphatic heterocycles. The molecule has 4 rings (SSSR count). The summed E-state index contributed by atoms with van der Waals surface area (Å²) in [5.41, 5.74) is 2.56. The third-order valence-corrected chi connectivity index (χ3v) is 9.52. The van der Waals surface area contributed by atoms with E-state index >= 15 is 0 Å². The molecule has 10 heteroatoms. The Balaban J connectivity index is 1.39. The molecule has 1 atom stereocenters. The molecule has 0 N–H and O–H groups in total. The van der Waals surface area contributed by atoms with Gasteiger partial charge in [-0.25, -0.2) is 28.0 Å². The van der Waals surface area contributed by atoms with Gasteiger partial charge >= 0.3 is 11.9 Å². The van der Waals surface area contributed by atoms with Gasteiger partial charge in [0.05, 0.1) is 30.0 Å². The Morgan fingerprint density at radius 3 is 2.33 bits per heavy atom. The minimum atomic E-state index is -3.67. The number of esters is 2. The maximum Gasteiger partial charge on any atom is 0.358 e. The van der Waals surface area contributed by atoms with Crippen molar-refractivity contribution in [2.24, 2.45) is 5.92 Å². The minimum absolute atomic E-state index is 0.0986. The second-order valence-electron chi connectivity index (χ2n) is 10.0. The fourth-order valence-corrected chi connectivity index (χ4v) is 6.56. The molecule has 0 saturated heterocycles. The van der Waals surface area contributed by atoms with E-state index in [1.807, 2.05) is 25.1 Å². The van der Waals surface area contributed by atoms with Gasteiger partial charge in [0.25, 0.3) is 0 Å². The zero-order valence-electron chi connectivity index (χ0n) is 24.4. The first-order valence-corrected chi connectivity index (χ1v) is 16.8. The maximum absolute atomic E-state index is 12.9. The Morgan fingerprint density at radius 1 is 0.881 bits per heavy atom. The van der Waals surface area contributed by atoms with Crippen molar-refractivity contribution in [1.29, 1.82) is 0 Å². The van der Waals surface area contributed by atoms with E-state index < -0.39 is 21.8 Å². The number of para-hydroxylation sites is 1. The standard InChI is InChI=1S/C32H36N2O6S2/c1-5-39-31(35)29-27(41-6-2)19-24-15-14-22(18-26(24)34-29)17-21(4)11-10-16-40-32(36)30-28(42(37,38)7-3)20-23-12-8-9-13-25(23)33-30/h8-9,12-15,18-21H,5-7,10-11,16-17H2,1-4H3/t21-/m1/s1. The van der Waals surface area contributed by atoms with Crippen molar-refractivity contribution in [2.45, 2.75) is 56.7 Å². The Bertz CT molecular complexity index is 1700. The molecule has 0 spiro atoms. The molecule has 42 heavy (non-hydrogen) atoms. The molecule has 2 heterocycles. The van der Waals surface area contributed by atoms with Crippen molar-refractivity contribution >= 4 is 55.3 Å². The highest BCUT2D eigenvalue weighted by Crippen LogP contribution is 2.28. The van der Waals surface area contributed by atoms with Crippen LogP contribution in [0.15, 0.2) is 64.4 Å². The summed E-state index contributed by atoms with van der Waals surface area (Å²) in [7, 11) is -3.67. The lowest BCUT2D eigenvalue weighted by atomic mass is 9.96. The number of fused-ring (bicyclic) bond motifs is 2. The molecule has 0 aliphatic carbocycles. The van der Waals surface area contributed by atoms with Gasteiger partial charge in [0, 0.05) is 15.7 Å². The summed E-state index contributed by atoms with van der Waals surface area (Å²) in [4.78, 5) is 35.1. The fourth-order valence-electron chi connectivity index (χ4n) is 4.74. The lowest BCUT2D eigenvalue weighted by Gasteiger charge is -2.14. The SMILES string of the molecule is CCOC(=O)c1nc2cc(C[C@H](C)CCCOC(=O)c3nc4ccccc4cc3S(=O)(=O)CC)ccc2cc1SCC. The van der Waals surface area contributed by atoms with Crippen LogP contribution in [0.5, 0.6) is 0 Å². The zero-order valence-corrected chi connectivity index (χ0v) is 26.0. The molecule has 8 nitrogen and oxygen atoms in total. The highest BCUT2D eigenvalue weighted by molar-refractivity contribution is 7.99. The summed E-state index contributed by atoms with van der Waals surface area (Å²) in [5.74, 6) is -0.183. The van der Waals surface area contributed by atoms with Crippen molar-refractivity contribution in [2.75, 3.05) is 24.7 Å². The van der Waals surface area contributed by atoms with Crippen LogP contribution in [0.1, 0.15) is 67.1 Å². The number of benzene rings is 2. The van der Waals surface area contributed by atoms with Crippen LogP contribution < -0.4 is 0 Å². The van der Waals surface area contributed by atoms with Crippen LogP contribution in [-0.2, 0) is 25.7 Å². The van der Waals surface area contributed by atoms with Gasteiger partial charge in [-0.05, 0) is 67.7 Å². The van der Waals surface area contributed by atoms with Crippen LogP contribution in [0, 0.1) is 5.92 Å². The number of carbonyl (C=O) groups excluding carboxylic acids is 2. The Hall–Kier alpha value is -3.50. The Labute approximate surface area is 251 Å². The van der Waals surface area contributed by atoms with Crippen molar-refractivity contribution in [3.05, 3.63) is 71.5 Å². The number of thioether (sulfide) groups is 1. The number of sulfone groups is 1. The van der Waals surface area contributed by atoms with Gasteiger partial charge in [-0.1, -0.05) is 51.1 Å². The van der Waals surface area contributed by atoms with Crippen LogP contribution >= 0.6 is 11.8 Å². The van der Waals surface area contributed by atoms with E-state index in [2.05, 4.69) is 23.0 Å². The largest absolute Gasteiger partial charge is 0.461 e. The number of carbonyl (C=O) groups is 2. The van der Waals surface area contributed by atoms with Crippen molar-refractivity contribution in [3.8, 4) is 0 Å². The monoisotopic (exact) mass is 608 g/mol. The molecule has 2 aromatic carbocycles. The molecule has 2 aromatic heterocycles.